The van der Waals surface area contributed by atoms with E-state index in [-0.39, 0.29) is 18.4 Å². The van der Waals surface area contributed by atoms with Crippen LogP contribution in [-0.4, -0.2) is 42.0 Å². The first-order valence-electron chi connectivity index (χ1n) is 9.38. The number of anilines is 2. The van der Waals surface area contributed by atoms with Gasteiger partial charge in [-0.05, 0) is 50.6 Å². The van der Waals surface area contributed by atoms with Gasteiger partial charge in [0.2, 0.25) is 5.91 Å². The largest absolute Gasteiger partial charge is 0.444 e. The number of hydrogen-bond acceptors (Lipinski definition) is 4. The molecule has 2 aromatic carbocycles. The van der Waals surface area contributed by atoms with Crippen LogP contribution in [0, 0.1) is 0 Å². The predicted molar refractivity (Wildman–Crippen MR) is 111 cm³/mol. The number of carbonyl (C=O) groups excluding carboxylic acids is 3. The fourth-order valence-electron chi connectivity index (χ4n) is 3.05. The summed E-state index contributed by atoms with van der Waals surface area (Å²) in [5, 5.41) is 2.77. The van der Waals surface area contributed by atoms with Gasteiger partial charge in [-0.2, -0.15) is 0 Å². The number of benzene rings is 2. The minimum atomic E-state index is -0.578. The highest BCUT2D eigenvalue weighted by Gasteiger charge is 2.27. The van der Waals surface area contributed by atoms with Crippen LogP contribution in [-0.2, 0) is 16.1 Å². The molecular formula is C22H25N3O4. The number of nitrogens with zero attached hydrogens (tertiary/aromatic N) is 2. The summed E-state index contributed by atoms with van der Waals surface area (Å²) in [4.78, 5) is 40.2. The van der Waals surface area contributed by atoms with Crippen molar-refractivity contribution in [3.63, 3.8) is 0 Å². The third-order valence-electron chi connectivity index (χ3n) is 4.31. The van der Waals surface area contributed by atoms with Gasteiger partial charge in [0.25, 0.3) is 5.91 Å². The van der Waals surface area contributed by atoms with Crippen LogP contribution >= 0.6 is 0 Å². The first-order valence-corrected chi connectivity index (χ1v) is 9.38. The van der Waals surface area contributed by atoms with Gasteiger partial charge in [-0.25, -0.2) is 4.79 Å². The van der Waals surface area contributed by atoms with E-state index in [4.69, 9.17) is 4.74 Å². The Morgan fingerprint density at radius 1 is 1.14 bits per heavy atom. The van der Waals surface area contributed by atoms with E-state index in [1.54, 1.807) is 43.4 Å². The molecule has 7 heteroatoms. The summed E-state index contributed by atoms with van der Waals surface area (Å²) in [5.74, 6) is -0.507. The Morgan fingerprint density at radius 3 is 2.59 bits per heavy atom. The molecule has 1 aliphatic rings. The van der Waals surface area contributed by atoms with E-state index >= 15 is 0 Å². The maximum absolute atomic E-state index is 13.1. The smallest absolute Gasteiger partial charge is 0.410 e. The molecule has 3 rings (SSSR count). The summed E-state index contributed by atoms with van der Waals surface area (Å²) in [6, 6.07) is 14.2. The summed E-state index contributed by atoms with van der Waals surface area (Å²) < 4.78 is 5.36. The van der Waals surface area contributed by atoms with Gasteiger partial charge < -0.3 is 15.0 Å². The molecule has 0 saturated heterocycles. The number of carbonyl (C=O) groups is 3. The van der Waals surface area contributed by atoms with E-state index < -0.39 is 11.7 Å². The van der Waals surface area contributed by atoms with Crippen LogP contribution in [0.4, 0.5) is 16.2 Å². The van der Waals surface area contributed by atoms with Crippen LogP contribution in [0.15, 0.2) is 48.5 Å². The molecule has 2 aromatic rings. The molecule has 1 aliphatic heterocycles. The lowest BCUT2D eigenvalue weighted by Crippen LogP contribution is -2.42. The molecule has 0 radical (unpaired) electrons. The minimum Gasteiger partial charge on any atom is -0.444 e. The summed E-state index contributed by atoms with van der Waals surface area (Å²) in [7, 11) is 1.65. The zero-order valence-electron chi connectivity index (χ0n) is 17.1. The van der Waals surface area contributed by atoms with Gasteiger partial charge in [-0.15, -0.1) is 0 Å². The van der Waals surface area contributed by atoms with Gasteiger partial charge in [0.1, 0.15) is 12.1 Å². The highest BCUT2D eigenvalue weighted by Crippen LogP contribution is 2.30. The Morgan fingerprint density at radius 2 is 1.86 bits per heavy atom. The quantitative estimate of drug-likeness (QED) is 0.860. The number of rotatable bonds is 3. The van der Waals surface area contributed by atoms with Gasteiger partial charge in [-0.1, -0.05) is 24.3 Å². The first kappa shape index (κ1) is 20.4. The minimum absolute atomic E-state index is 0.0438. The summed E-state index contributed by atoms with van der Waals surface area (Å²) >= 11 is 0. The summed E-state index contributed by atoms with van der Waals surface area (Å²) in [5.41, 5.74) is 1.93. The molecule has 0 fully saturated rings. The Balaban J connectivity index is 1.78. The molecule has 1 N–H and O–H groups in total. The molecule has 0 aromatic heterocycles. The standard InChI is InChI=1S/C22H25N3O4/c1-22(2,3)29-21(28)24(4)13-15-8-7-9-16(12-15)20(27)25-14-19(26)23-17-10-5-6-11-18(17)25/h5-12H,13-14H2,1-4H3,(H,23,26). The Labute approximate surface area is 170 Å². The van der Waals surface area contributed by atoms with Gasteiger partial charge in [-0.3, -0.25) is 14.5 Å². The van der Waals surface area contributed by atoms with Crippen LogP contribution in [0.2, 0.25) is 0 Å². The van der Waals surface area contributed by atoms with Crippen molar-refractivity contribution in [2.45, 2.75) is 32.9 Å². The molecule has 152 valence electrons. The van der Waals surface area contributed by atoms with E-state index in [9.17, 15) is 14.4 Å². The number of ether oxygens (including phenoxy) is 1. The fourth-order valence-corrected chi connectivity index (χ4v) is 3.05. The third kappa shape index (κ3) is 4.93. The van der Waals surface area contributed by atoms with Crippen molar-refractivity contribution in [3.8, 4) is 0 Å². The highest BCUT2D eigenvalue weighted by atomic mass is 16.6. The van der Waals surface area contributed by atoms with Crippen molar-refractivity contribution < 1.29 is 19.1 Å². The highest BCUT2D eigenvalue weighted by molar-refractivity contribution is 6.15. The van der Waals surface area contributed by atoms with E-state index in [0.717, 1.165) is 5.56 Å². The molecule has 3 amide bonds. The molecule has 7 nitrogen and oxygen atoms in total. The van der Waals surface area contributed by atoms with Crippen molar-refractivity contribution in [1.82, 2.24) is 4.90 Å². The lowest BCUT2D eigenvalue weighted by atomic mass is 10.1. The zero-order chi connectivity index (χ0) is 21.2. The zero-order valence-corrected chi connectivity index (χ0v) is 17.1. The second-order valence-electron chi connectivity index (χ2n) is 7.99. The van der Waals surface area contributed by atoms with Crippen LogP contribution in [0.5, 0.6) is 0 Å². The monoisotopic (exact) mass is 395 g/mol. The predicted octanol–water partition coefficient (Wildman–Crippen LogP) is 3.65. The maximum Gasteiger partial charge on any atom is 0.410 e. The van der Waals surface area contributed by atoms with Crippen molar-refractivity contribution in [3.05, 3.63) is 59.7 Å². The van der Waals surface area contributed by atoms with E-state index in [2.05, 4.69) is 5.32 Å². The van der Waals surface area contributed by atoms with Crippen LogP contribution in [0.3, 0.4) is 0 Å². The molecular weight excluding hydrogens is 370 g/mol. The van der Waals surface area contributed by atoms with Gasteiger partial charge >= 0.3 is 6.09 Å². The van der Waals surface area contributed by atoms with Crippen LogP contribution in [0.1, 0.15) is 36.7 Å². The maximum atomic E-state index is 13.1. The number of para-hydroxylation sites is 2. The van der Waals surface area contributed by atoms with E-state index in [0.29, 0.717) is 23.5 Å². The topological polar surface area (TPSA) is 79.0 Å². The lowest BCUT2D eigenvalue weighted by molar-refractivity contribution is -0.115. The lowest BCUT2D eigenvalue weighted by Gasteiger charge is -2.29. The average Bonchev–Trinajstić information content (AvgIpc) is 2.65. The molecule has 0 spiro atoms. The van der Waals surface area contributed by atoms with Crippen molar-refractivity contribution in [2.24, 2.45) is 0 Å². The van der Waals surface area contributed by atoms with Gasteiger partial charge in [0.15, 0.2) is 0 Å². The average molecular weight is 395 g/mol. The van der Waals surface area contributed by atoms with Gasteiger partial charge in [0.05, 0.1) is 11.4 Å². The number of fused-ring (bicyclic) bond motifs is 1. The van der Waals surface area contributed by atoms with Gasteiger partial charge in [0, 0.05) is 19.2 Å². The molecule has 0 bridgehead atoms. The molecule has 0 unspecified atom stereocenters. The normalized spacial score (nSPS) is 13.4. The number of hydrogen-bond donors (Lipinski definition) is 1. The first-order chi connectivity index (χ1) is 13.6. The molecule has 1 heterocycles. The molecule has 0 aliphatic carbocycles. The van der Waals surface area contributed by atoms with E-state index in [1.807, 2.05) is 32.9 Å². The van der Waals surface area contributed by atoms with Crippen LogP contribution < -0.4 is 10.2 Å². The molecule has 0 atom stereocenters. The molecule has 0 saturated carbocycles. The molecule has 29 heavy (non-hydrogen) atoms. The fraction of sp³-hybridized carbons (Fsp3) is 0.318. The second-order valence-corrected chi connectivity index (χ2v) is 7.99. The van der Waals surface area contributed by atoms with Crippen LogP contribution in [0.25, 0.3) is 0 Å². The summed E-state index contributed by atoms with van der Waals surface area (Å²) in [6.07, 6.45) is -0.434. The van der Waals surface area contributed by atoms with Crippen molar-refractivity contribution in [1.29, 1.82) is 0 Å². The van der Waals surface area contributed by atoms with Crippen molar-refractivity contribution >= 4 is 29.3 Å². The SMILES string of the molecule is CN(Cc1cccc(C(=O)N2CC(=O)Nc3ccccc32)c1)C(=O)OC(C)(C)C. The Hall–Kier alpha value is -3.35. The third-order valence-corrected chi connectivity index (χ3v) is 4.31. The summed E-state index contributed by atoms with van der Waals surface area (Å²) in [6.45, 7) is 5.69. The van der Waals surface area contributed by atoms with E-state index in [1.165, 1.54) is 9.80 Å². The Bertz CT molecular complexity index is 949. The van der Waals surface area contributed by atoms with Crippen molar-refractivity contribution in [2.75, 3.05) is 23.8 Å². The number of amides is 3. The number of nitrogens with one attached hydrogen (secondary N) is 1. The Kier molecular flexibility index (Phi) is 5.59. The second kappa shape index (κ2) is 7.95.